The minimum absolute atomic E-state index is 0.107. The Balaban J connectivity index is 1.50. The van der Waals surface area contributed by atoms with E-state index in [0.717, 1.165) is 19.4 Å². The Morgan fingerprint density at radius 2 is 1.85 bits per heavy atom. The smallest absolute Gasteiger partial charge is 0.323 e. The lowest BCUT2D eigenvalue weighted by Gasteiger charge is -2.11. The summed E-state index contributed by atoms with van der Waals surface area (Å²) < 4.78 is 5.48. The van der Waals surface area contributed by atoms with Crippen LogP contribution in [0.1, 0.15) is 23.2 Å². The fraction of sp³-hybridized carbons (Fsp3) is 0.263. The average Bonchev–Trinajstić information content (AvgIpc) is 3.14. The Labute approximate surface area is 156 Å². The first kappa shape index (κ1) is 18.2. The van der Waals surface area contributed by atoms with Gasteiger partial charge in [0.05, 0.1) is 6.10 Å². The molecular weight excluding hydrogens is 354 g/mol. The second-order valence-electron chi connectivity index (χ2n) is 6.01. The van der Waals surface area contributed by atoms with Gasteiger partial charge in [-0.15, -0.1) is 0 Å². The lowest BCUT2D eigenvalue weighted by molar-refractivity contribution is 0.0858. The minimum atomic E-state index is -0.386. The molecule has 0 spiro atoms. The van der Waals surface area contributed by atoms with Crippen LogP contribution in [0.3, 0.4) is 0 Å². The quantitative estimate of drug-likeness (QED) is 0.743. The maximum absolute atomic E-state index is 12.1. The fourth-order valence-electron chi connectivity index (χ4n) is 2.68. The number of amides is 3. The van der Waals surface area contributed by atoms with Gasteiger partial charge in [-0.1, -0.05) is 17.7 Å². The SMILES string of the molecule is O=C(Nc1ccc(C(=O)NC[C@@H]2CCCO2)cc1)Nc1cccc(Cl)c1. The summed E-state index contributed by atoms with van der Waals surface area (Å²) in [4.78, 5) is 24.1. The Bertz CT molecular complexity index is 774. The predicted octanol–water partition coefficient (Wildman–Crippen LogP) is 3.89. The largest absolute Gasteiger partial charge is 0.376 e. The maximum Gasteiger partial charge on any atom is 0.323 e. The Morgan fingerprint density at radius 1 is 1.08 bits per heavy atom. The summed E-state index contributed by atoms with van der Waals surface area (Å²) in [6.07, 6.45) is 2.12. The summed E-state index contributed by atoms with van der Waals surface area (Å²) in [6, 6.07) is 13.2. The molecule has 3 amide bonds. The first-order valence-corrected chi connectivity index (χ1v) is 8.81. The van der Waals surface area contributed by atoms with E-state index < -0.39 is 0 Å². The zero-order valence-electron chi connectivity index (χ0n) is 14.1. The summed E-state index contributed by atoms with van der Waals surface area (Å²) >= 11 is 5.89. The summed E-state index contributed by atoms with van der Waals surface area (Å²) in [5.74, 6) is -0.157. The molecule has 2 aromatic carbocycles. The second kappa shape index (κ2) is 8.69. The number of halogens is 1. The van der Waals surface area contributed by atoms with Crippen LogP contribution in [0.4, 0.5) is 16.2 Å². The van der Waals surface area contributed by atoms with Gasteiger partial charge in [-0.2, -0.15) is 0 Å². The molecule has 3 N–H and O–H groups in total. The van der Waals surface area contributed by atoms with Crippen molar-refractivity contribution in [1.82, 2.24) is 5.32 Å². The zero-order chi connectivity index (χ0) is 18.4. The van der Waals surface area contributed by atoms with Crippen LogP contribution < -0.4 is 16.0 Å². The number of hydrogen-bond donors (Lipinski definition) is 3. The highest BCUT2D eigenvalue weighted by molar-refractivity contribution is 6.30. The van der Waals surface area contributed by atoms with Crippen molar-refractivity contribution in [2.75, 3.05) is 23.8 Å². The summed E-state index contributed by atoms with van der Waals surface area (Å²) in [5, 5.41) is 8.81. The third-order valence-corrected chi connectivity index (χ3v) is 4.24. The lowest BCUT2D eigenvalue weighted by Crippen LogP contribution is -2.31. The van der Waals surface area contributed by atoms with E-state index >= 15 is 0 Å². The molecule has 0 radical (unpaired) electrons. The van der Waals surface area contributed by atoms with Gasteiger partial charge in [-0.3, -0.25) is 4.79 Å². The van der Waals surface area contributed by atoms with Gasteiger partial charge < -0.3 is 20.7 Å². The monoisotopic (exact) mass is 373 g/mol. The number of ether oxygens (including phenoxy) is 1. The third-order valence-electron chi connectivity index (χ3n) is 4.00. The van der Waals surface area contributed by atoms with Gasteiger partial charge >= 0.3 is 6.03 Å². The van der Waals surface area contributed by atoms with Crippen molar-refractivity contribution < 1.29 is 14.3 Å². The molecule has 6 nitrogen and oxygen atoms in total. The molecule has 0 saturated carbocycles. The molecule has 2 aromatic rings. The fourth-order valence-corrected chi connectivity index (χ4v) is 2.87. The van der Waals surface area contributed by atoms with Crippen LogP contribution in [0.2, 0.25) is 5.02 Å². The molecule has 26 heavy (non-hydrogen) atoms. The van der Waals surface area contributed by atoms with E-state index in [9.17, 15) is 9.59 Å². The van der Waals surface area contributed by atoms with Crippen LogP contribution in [-0.4, -0.2) is 31.2 Å². The van der Waals surface area contributed by atoms with Crippen molar-refractivity contribution in [2.24, 2.45) is 0 Å². The molecule has 1 fully saturated rings. The molecule has 1 saturated heterocycles. The molecule has 0 unspecified atom stereocenters. The van der Waals surface area contributed by atoms with E-state index in [4.69, 9.17) is 16.3 Å². The average molecular weight is 374 g/mol. The Kier molecular flexibility index (Phi) is 6.09. The molecule has 3 rings (SSSR count). The van der Waals surface area contributed by atoms with E-state index in [0.29, 0.717) is 28.5 Å². The Morgan fingerprint density at radius 3 is 2.54 bits per heavy atom. The lowest BCUT2D eigenvalue weighted by atomic mass is 10.2. The molecule has 0 bridgehead atoms. The van der Waals surface area contributed by atoms with E-state index in [1.54, 1.807) is 48.5 Å². The molecule has 7 heteroatoms. The standard InChI is InChI=1S/C19H20ClN3O3/c20-14-3-1-4-16(11-14)23-19(25)22-15-8-6-13(7-9-15)18(24)21-12-17-5-2-10-26-17/h1,3-4,6-9,11,17H,2,5,10,12H2,(H,21,24)(H2,22,23,25)/t17-/m0/s1. The summed E-state index contributed by atoms with van der Waals surface area (Å²) in [5.41, 5.74) is 1.71. The van der Waals surface area contributed by atoms with Crippen molar-refractivity contribution >= 4 is 34.9 Å². The number of hydrogen-bond acceptors (Lipinski definition) is 3. The van der Waals surface area contributed by atoms with Crippen molar-refractivity contribution in [3.05, 3.63) is 59.1 Å². The summed E-state index contributed by atoms with van der Waals surface area (Å²) in [6.45, 7) is 1.28. The molecule has 0 aliphatic carbocycles. The second-order valence-corrected chi connectivity index (χ2v) is 6.45. The topological polar surface area (TPSA) is 79.5 Å². The minimum Gasteiger partial charge on any atom is -0.376 e. The molecular formula is C19H20ClN3O3. The van der Waals surface area contributed by atoms with Crippen LogP contribution >= 0.6 is 11.6 Å². The number of anilines is 2. The number of carbonyl (C=O) groups excluding carboxylic acids is 2. The van der Waals surface area contributed by atoms with E-state index in [-0.39, 0.29) is 18.0 Å². The maximum atomic E-state index is 12.1. The van der Waals surface area contributed by atoms with Gasteiger partial charge in [0.15, 0.2) is 0 Å². The number of rotatable bonds is 5. The zero-order valence-corrected chi connectivity index (χ0v) is 14.9. The van der Waals surface area contributed by atoms with Crippen LogP contribution in [0, 0.1) is 0 Å². The molecule has 1 aliphatic heterocycles. The molecule has 1 atom stereocenters. The van der Waals surface area contributed by atoms with Crippen molar-refractivity contribution in [2.45, 2.75) is 18.9 Å². The van der Waals surface area contributed by atoms with Crippen LogP contribution in [0.25, 0.3) is 0 Å². The van der Waals surface area contributed by atoms with Crippen LogP contribution in [0.5, 0.6) is 0 Å². The molecule has 1 heterocycles. The molecule has 0 aromatic heterocycles. The van der Waals surface area contributed by atoms with Gasteiger partial charge in [0, 0.05) is 35.1 Å². The van der Waals surface area contributed by atoms with Gasteiger partial charge in [0.2, 0.25) is 0 Å². The predicted molar refractivity (Wildman–Crippen MR) is 102 cm³/mol. The van der Waals surface area contributed by atoms with E-state index in [1.165, 1.54) is 0 Å². The number of nitrogens with one attached hydrogen (secondary N) is 3. The van der Waals surface area contributed by atoms with Crippen molar-refractivity contribution in [3.8, 4) is 0 Å². The van der Waals surface area contributed by atoms with Crippen molar-refractivity contribution in [3.63, 3.8) is 0 Å². The van der Waals surface area contributed by atoms with Gasteiger partial charge in [-0.05, 0) is 55.3 Å². The first-order chi connectivity index (χ1) is 12.6. The van der Waals surface area contributed by atoms with Gasteiger partial charge in [0.1, 0.15) is 0 Å². The van der Waals surface area contributed by atoms with Crippen LogP contribution in [0.15, 0.2) is 48.5 Å². The third kappa shape index (κ3) is 5.21. The number of carbonyl (C=O) groups is 2. The highest BCUT2D eigenvalue weighted by Gasteiger charge is 2.16. The highest BCUT2D eigenvalue weighted by atomic mass is 35.5. The van der Waals surface area contributed by atoms with Crippen molar-refractivity contribution in [1.29, 1.82) is 0 Å². The highest BCUT2D eigenvalue weighted by Crippen LogP contribution is 2.16. The van der Waals surface area contributed by atoms with Gasteiger partial charge in [0.25, 0.3) is 5.91 Å². The van der Waals surface area contributed by atoms with Gasteiger partial charge in [-0.25, -0.2) is 4.79 Å². The van der Waals surface area contributed by atoms with Crippen LogP contribution in [-0.2, 0) is 4.74 Å². The van der Waals surface area contributed by atoms with E-state index in [1.807, 2.05) is 0 Å². The number of benzene rings is 2. The molecule has 1 aliphatic rings. The summed E-state index contributed by atoms with van der Waals surface area (Å²) in [7, 11) is 0. The first-order valence-electron chi connectivity index (χ1n) is 8.43. The normalized spacial score (nSPS) is 16.1. The number of urea groups is 1. The molecule has 136 valence electrons. The Hall–Kier alpha value is -2.57. The van der Waals surface area contributed by atoms with E-state index in [2.05, 4.69) is 16.0 Å².